The lowest BCUT2D eigenvalue weighted by atomic mass is 9.93. The zero-order valence-electron chi connectivity index (χ0n) is 16.6. The molecule has 0 aromatic rings. The third-order valence-corrected chi connectivity index (χ3v) is 6.21. The second-order valence-electron chi connectivity index (χ2n) is 8.22. The monoisotopic (exact) mass is 502 g/mol. The topological polar surface area (TPSA) is 61.8 Å². The first-order valence-corrected chi connectivity index (χ1v) is 11.7. The summed E-state index contributed by atoms with van der Waals surface area (Å²) >= 11 is 2.14. The van der Waals surface area contributed by atoms with Crippen LogP contribution in [0.1, 0.15) is 64.7 Å². The van der Waals surface area contributed by atoms with Crippen molar-refractivity contribution in [1.29, 1.82) is 0 Å². The highest BCUT2D eigenvalue weighted by molar-refractivity contribution is 14.1. The van der Waals surface area contributed by atoms with Gasteiger partial charge < -0.3 is 14.2 Å². The lowest BCUT2D eigenvalue weighted by molar-refractivity contribution is -0.158. The normalized spacial score (nSPS) is 39.5. The summed E-state index contributed by atoms with van der Waals surface area (Å²) in [6.07, 6.45) is 12.6. The third-order valence-electron chi connectivity index (χ3n) is 5.80. The average molecular weight is 502 g/mol. The highest BCUT2D eigenvalue weighted by Crippen LogP contribution is 2.30. The molecule has 3 heterocycles. The molecule has 0 spiro atoms. The highest BCUT2D eigenvalue weighted by atomic mass is 127. The Morgan fingerprint density at radius 3 is 2.57 bits per heavy atom. The predicted molar refractivity (Wildman–Crippen MR) is 115 cm³/mol. The predicted octanol–water partition coefficient (Wildman–Crippen LogP) is 4.67. The second kappa shape index (κ2) is 10.9. The van der Waals surface area contributed by atoms with Gasteiger partial charge in [0.2, 0.25) is 0 Å². The van der Waals surface area contributed by atoms with Crippen LogP contribution in [0.4, 0.5) is 0 Å². The third kappa shape index (κ3) is 6.66. The second-order valence-corrected chi connectivity index (χ2v) is 8.93. The largest absolute Gasteiger partial charge is 0.457 e. The van der Waals surface area contributed by atoms with Crippen molar-refractivity contribution < 1.29 is 23.8 Å². The van der Waals surface area contributed by atoms with Crippen molar-refractivity contribution in [3.8, 4) is 0 Å². The van der Waals surface area contributed by atoms with Crippen molar-refractivity contribution in [3.05, 3.63) is 22.3 Å². The van der Waals surface area contributed by atoms with Crippen LogP contribution in [0.3, 0.4) is 0 Å². The quantitative estimate of drug-likeness (QED) is 0.297. The molecule has 28 heavy (non-hydrogen) atoms. The van der Waals surface area contributed by atoms with Crippen molar-refractivity contribution in [1.82, 2.24) is 0 Å². The number of fused-ring (bicyclic) bond motifs is 4. The maximum atomic E-state index is 12.5. The molecule has 2 fully saturated rings. The van der Waals surface area contributed by atoms with Crippen LogP contribution in [0.2, 0.25) is 0 Å². The summed E-state index contributed by atoms with van der Waals surface area (Å²) in [7, 11) is 0. The molecule has 2 saturated heterocycles. The minimum absolute atomic E-state index is 0.0875. The van der Waals surface area contributed by atoms with Gasteiger partial charge in [-0.2, -0.15) is 0 Å². The van der Waals surface area contributed by atoms with E-state index in [1.807, 2.05) is 10.2 Å². The first-order chi connectivity index (χ1) is 13.5. The van der Waals surface area contributed by atoms with Crippen LogP contribution in [0, 0.1) is 5.92 Å². The minimum Gasteiger partial charge on any atom is -0.457 e. The van der Waals surface area contributed by atoms with Gasteiger partial charge in [0.15, 0.2) is 0 Å². The zero-order chi connectivity index (χ0) is 19.9. The van der Waals surface area contributed by atoms with Crippen LogP contribution in [0.25, 0.3) is 0 Å². The summed E-state index contributed by atoms with van der Waals surface area (Å²) in [5.41, 5.74) is 0. The molecule has 156 valence electrons. The number of carbonyl (C=O) groups is 2. The van der Waals surface area contributed by atoms with E-state index in [0.29, 0.717) is 12.8 Å². The van der Waals surface area contributed by atoms with Gasteiger partial charge in [-0.15, -0.1) is 0 Å². The Morgan fingerprint density at radius 2 is 1.75 bits per heavy atom. The number of cyclic esters (lactones) is 1. The lowest BCUT2D eigenvalue weighted by Crippen LogP contribution is -2.39. The standard InChI is InChI=1S/C22H31IO5/c1-15-5-2-3-6-17-7-4-8-18(26-17)13-19-11-16(24)12-20(27-19)14-22(25)28-21(15)9-10-23/h2,5,9-10,15,17-21H,3-4,6-8,11-14H2,1H3/b5-2+,10-9+/t15-,17-,18-,19+,20-,21-/m0/s1. The van der Waals surface area contributed by atoms with Gasteiger partial charge in [0.05, 0.1) is 30.8 Å². The summed E-state index contributed by atoms with van der Waals surface area (Å²) < 4.78 is 20.0. The van der Waals surface area contributed by atoms with Crippen molar-refractivity contribution in [2.45, 2.75) is 95.2 Å². The zero-order valence-corrected chi connectivity index (χ0v) is 18.7. The van der Waals surface area contributed by atoms with E-state index in [-0.39, 0.29) is 54.6 Å². The number of hydrogen-bond donors (Lipinski definition) is 0. The van der Waals surface area contributed by atoms with E-state index in [4.69, 9.17) is 14.2 Å². The number of allylic oxidation sites excluding steroid dienone is 1. The molecule has 0 N–H and O–H groups in total. The Bertz CT molecular complexity index is 602. The first kappa shape index (κ1) is 22.0. The highest BCUT2D eigenvalue weighted by Gasteiger charge is 2.33. The summed E-state index contributed by atoms with van der Waals surface area (Å²) in [6.45, 7) is 2.05. The number of hydrogen-bond acceptors (Lipinski definition) is 5. The maximum absolute atomic E-state index is 12.5. The van der Waals surface area contributed by atoms with Crippen molar-refractivity contribution in [2.75, 3.05) is 0 Å². The number of Topliss-reactive ketones (excluding diaryl/α,β-unsaturated/α-hetero) is 1. The number of ether oxygens (including phenoxy) is 3. The van der Waals surface area contributed by atoms with Gasteiger partial charge in [-0.25, -0.2) is 0 Å². The van der Waals surface area contributed by atoms with Gasteiger partial charge in [-0.05, 0) is 42.3 Å². The van der Waals surface area contributed by atoms with E-state index >= 15 is 0 Å². The fraction of sp³-hybridized carbons (Fsp3) is 0.727. The van der Waals surface area contributed by atoms with Crippen LogP contribution in [-0.2, 0) is 23.8 Å². The Labute approximate surface area is 181 Å². The number of rotatable bonds is 1. The molecule has 3 aliphatic rings. The van der Waals surface area contributed by atoms with Crippen molar-refractivity contribution in [2.24, 2.45) is 5.92 Å². The first-order valence-electron chi connectivity index (χ1n) is 10.5. The molecule has 3 aliphatic heterocycles. The van der Waals surface area contributed by atoms with E-state index in [2.05, 4.69) is 41.7 Å². The Balaban J connectivity index is 1.74. The fourth-order valence-corrected chi connectivity index (χ4v) is 4.77. The molecule has 0 aromatic carbocycles. The van der Waals surface area contributed by atoms with Crippen LogP contribution in [0.5, 0.6) is 0 Å². The van der Waals surface area contributed by atoms with Crippen molar-refractivity contribution >= 4 is 34.3 Å². The molecule has 0 aromatic heterocycles. The van der Waals surface area contributed by atoms with Gasteiger partial charge in [0.1, 0.15) is 11.9 Å². The number of carbonyl (C=O) groups excluding carboxylic acids is 2. The molecule has 0 radical (unpaired) electrons. The average Bonchev–Trinajstić information content (AvgIpc) is 2.64. The minimum atomic E-state index is -0.388. The van der Waals surface area contributed by atoms with Crippen LogP contribution >= 0.6 is 22.6 Å². The maximum Gasteiger partial charge on any atom is 0.309 e. The van der Waals surface area contributed by atoms with Crippen molar-refractivity contribution in [3.63, 3.8) is 0 Å². The van der Waals surface area contributed by atoms with Gasteiger partial charge in [-0.3, -0.25) is 9.59 Å². The van der Waals surface area contributed by atoms with E-state index in [1.165, 1.54) is 0 Å². The molecular formula is C22H31IO5. The van der Waals surface area contributed by atoms with E-state index in [1.54, 1.807) is 0 Å². The Kier molecular flexibility index (Phi) is 8.53. The van der Waals surface area contributed by atoms with Crippen LogP contribution < -0.4 is 0 Å². The van der Waals surface area contributed by atoms with E-state index in [0.717, 1.165) is 38.5 Å². The smallest absolute Gasteiger partial charge is 0.309 e. The molecule has 5 nitrogen and oxygen atoms in total. The lowest BCUT2D eigenvalue weighted by Gasteiger charge is -2.35. The Morgan fingerprint density at radius 1 is 1.00 bits per heavy atom. The van der Waals surface area contributed by atoms with Gasteiger partial charge in [-0.1, -0.05) is 41.7 Å². The molecular weight excluding hydrogens is 471 g/mol. The molecule has 0 unspecified atom stereocenters. The number of ketones is 1. The SMILES string of the molecule is C[C@H]1/C=C/CC[C@H]2CCC[C@@H](C[C@H]3CC(=O)C[C@@H](CC(=O)O[C@H]1/C=C/I)O3)O2. The molecule has 0 aliphatic carbocycles. The molecule has 0 saturated carbocycles. The number of esters is 1. The van der Waals surface area contributed by atoms with E-state index < -0.39 is 0 Å². The van der Waals surface area contributed by atoms with Gasteiger partial charge in [0, 0.05) is 25.2 Å². The molecule has 0 amide bonds. The summed E-state index contributed by atoms with van der Waals surface area (Å²) in [5, 5.41) is 0. The Hall–Kier alpha value is -0.730. The van der Waals surface area contributed by atoms with E-state index in [9.17, 15) is 9.59 Å². The van der Waals surface area contributed by atoms with Gasteiger partial charge >= 0.3 is 5.97 Å². The summed E-state index contributed by atoms with van der Waals surface area (Å²) in [5.74, 6) is -0.0497. The summed E-state index contributed by atoms with van der Waals surface area (Å²) in [4.78, 5) is 24.7. The van der Waals surface area contributed by atoms with Gasteiger partial charge in [0.25, 0.3) is 0 Å². The molecule has 3 rings (SSSR count). The molecule has 6 atom stereocenters. The number of halogens is 1. The molecule has 4 bridgehead atoms. The van der Waals surface area contributed by atoms with Crippen LogP contribution in [0.15, 0.2) is 22.3 Å². The summed E-state index contributed by atoms with van der Waals surface area (Å²) in [6, 6.07) is 0. The van der Waals surface area contributed by atoms with Crippen LogP contribution in [-0.4, -0.2) is 42.3 Å². The fourth-order valence-electron chi connectivity index (χ4n) is 4.36. The molecule has 6 heteroatoms.